The van der Waals surface area contributed by atoms with E-state index in [1.807, 2.05) is 0 Å². The summed E-state index contributed by atoms with van der Waals surface area (Å²) in [6, 6.07) is 6.12. The Bertz CT molecular complexity index is 543. The number of amides is 1. The van der Waals surface area contributed by atoms with Gasteiger partial charge in [0.25, 0.3) is 16.1 Å². The monoisotopic (exact) mass is 287 g/mol. The van der Waals surface area contributed by atoms with E-state index in [4.69, 9.17) is 0 Å². The molecule has 0 saturated carbocycles. The van der Waals surface area contributed by atoms with Crippen LogP contribution in [0.5, 0.6) is 5.75 Å². The minimum absolute atomic E-state index is 0.0693. The minimum Gasteiger partial charge on any atom is -0.507 e. The molecule has 1 aromatic rings. The van der Waals surface area contributed by atoms with Gasteiger partial charge in [0.05, 0.1) is 5.56 Å². The molecule has 0 bridgehead atoms. The molecule has 0 heterocycles. The number of nitrogens with one attached hydrogen (secondary N) is 2. The highest BCUT2D eigenvalue weighted by Gasteiger charge is 2.13. The standard InChI is InChI=1S/C11H17N3O4S/c1-14(2)19(17,18)13-8-7-12-11(16)9-5-3-4-6-10(9)15/h3-6,13,15H,7-8H2,1-2H3,(H,12,16). The van der Waals surface area contributed by atoms with Gasteiger partial charge in [-0.1, -0.05) is 12.1 Å². The van der Waals surface area contributed by atoms with E-state index in [-0.39, 0.29) is 24.4 Å². The summed E-state index contributed by atoms with van der Waals surface area (Å²) in [5.41, 5.74) is 0.151. The number of hydrogen-bond donors (Lipinski definition) is 3. The molecule has 8 heteroatoms. The Labute approximate surface area is 112 Å². The van der Waals surface area contributed by atoms with Gasteiger partial charge in [-0.2, -0.15) is 12.7 Å². The Balaban J connectivity index is 2.43. The molecule has 106 valence electrons. The summed E-state index contributed by atoms with van der Waals surface area (Å²) in [6.07, 6.45) is 0. The van der Waals surface area contributed by atoms with Crippen molar-refractivity contribution >= 4 is 16.1 Å². The van der Waals surface area contributed by atoms with E-state index in [1.54, 1.807) is 12.1 Å². The van der Waals surface area contributed by atoms with Crippen molar-refractivity contribution in [1.29, 1.82) is 0 Å². The number of carbonyl (C=O) groups is 1. The SMILES string of the molecule is CN(C)S(=O)(=O)NCCNC(=O)c1ccccc1O. The van der Waals surface area contributed by atoms with E-state index in [1.165, 1.54) is 26.2 Å². The number of hydrogen-bond acceptors (Lipinski definition) is 4. The van der Waals surface area contributed by atoms with Crippen LogP contribution in [0.3, 0.4) is 0 Å². The van der Waals surface area contributed by atoms with Crippen LogP contribution in [0.1, 0.15) is 10.4 Å². The highest BCUT2D eigenvalue weighted by molar-refractivity contribution is 7.87. The molecule has 0 aliphatic heterocycles. The third-order valence-corrected chi connectivity index (χ3v) is 3.85. The maximum absolute atomic E-state index is 11.7. The number of para-hydroxylation sites is 1. The summed E-state index contributed by atoms with van der Waals surface area (Å²) in [6.45, 7) is 0.195. The molecule has 0 radical (unpaired) electrons. The Morgan fingerprint density at radius 2 is 1.89 bits per heavy atom. The molecule has 7 nitrogen and oxygen atoms in total. The van der Waals surface area contributed by atoms with Crippen molar-refractivity contribution in [2.24, 2.45) is 0 Å². The third-order valence-electron chi connectivity index (χ3n) is 2.32. The molecule has 0 unspecified atom stereocenters. The number of benzene rings is 1. The van der Waals surface area contributed by atoms with Crippen LogP contribution in [0.2, 0.25) is 0 Å². The van der Waals surface area contributed by atoms with Gasteiger partial charge in [-0.3, -0.25) is 4.79 Å². The molecule has 0 aromatic heterocycles. The fourth-order valence-electron chi connectivity index (χ4n) is 1.25. The van der Waals surface area contributed by atoms with Gasteiger partial charge in [0, 0.05) is 27.2 Å². The number of phenols is 1. The lowest BCUT2D eigenvalue weighted by molar-refractivity contribution is 0.0951. The van der Waals surface area contributed by atoms with E-state index < -0.39 is 16.1 Å². The summed E-state index contributed by atoms with van der Waals surface area (Å²) < 4.78 is 26.1. The molecule has 0 fully saturated rings. The van der Waals surface area contributed by atoms with Gasteiger partial charge in [0.15, 0.2) is 0 Å². The molecule has 0 aliphatic carbocycles. The predicted molar refractivity (Wildman–Crippen MR) is 71.0 cm³/mol. The number of nitrogens with zero attached hydrogens (tertiary/aromatic N) is 1. The first-order valence-electron chi connectivity index (χ1n) is 5.58. The van der Waals surface area contributed by atoms with Crippen LogP contribution >= 0.6 is 0 Å². The molecule has 19 heavy (non-hydrogen) atoms. The fourth-order valence-corrected chi connectivity index (χ4v) is 1.86. The molecule has 1 rings (SSSR count). The Hall–Kier alpha value is -1.64. The maximum Gasteiger partial charge on any atom is 0.278 e. The van der Waals surface area contributed by atoms with Crippen molar-refractivity contribution in [2.45, 2.75) is 0 Å². The summed E-state index contributed by atoms with van der Waals surface area (Å²) >= 11 is 0. The maximum atomic E-state index is 11.7. The van der Waals surface area contributed by atoms with Gasteiger partial charge in [-0.05, 0) is 12.1 Å². The number of phenolic OH excluding ortho intramolecular Hbond substituents is 1. The zero-order valence-electron chi connectivity index (χ0n) is 10.8. The zero-order chi connectivity index (χ0) is 14.5. The first-order chi connectivity index (χ1) is 8.84. The van der Waals surface area contributed by atoms with Crippen LogP contribution in [0, 0.1) is 0 Å². The molecule has 3 N–H and O–H groups in total. The van der Waals surface area contributed by atoms with E-state index >= 15 is 0 Å². The van der Waals surface area contributed by atoms with Crippen molar-refractivity contribution in [3.05, 3.63) is 29.8 Å². The van der Waals surface area contributed by atoms with E-state index in [0.717, 1.165) is 4.31 Å². The van der Waals surface area contributed by atoms with Gasteiger partial charge in [0.1, 0.15) is 5.75 Å². The molecule has 0 spiro atoms. The van der Waals surface area contributed by atoms with Crippen molar-refractivity contribution < 1.29 is 18.3 Å². The second-order valence-corrected chi connectivity index (χ2v) is 5.92. The first kappa shape index (κ1) is 15.4. The van der Waals surface area contributed by atoms with Crippen molar-refractivity contribution in [3.8, 4) is 5.75 Å². The quantitative estimate of drug-likeness (QED) is 0.615. The van der Waals surface area contributed by atoms with Gasteiger partial charge in [-0.25, -0.2) is 4.72 Å². The molecule has 0 atom stereocenters. The van der Waals surface area contributed by atoms with E-state index in [9.17, 15) is 18.3 Å². The summed E-state index contributed by atoms with van der Waals surface area (Å²) in [4.78, 5) is 11.7. The summed E-state index contributed by atoms with van der Waals surface area (Å²) in [5.74, 6) is -0.573. The smallest absolute Gasteiger partial charge is 0.278 e. The largest absolute Gasteiger partial charge is 0.507 e. The highest BCUT2D eigenvalue weighted by Crippen LogP contribution is 2.14. The Kier molecular flexibility index (Phi) is 5.28. The van der Waals surface area contributed by atoms with Crippen LogP contribution in [-0.4, -0.2) is 50.9 Å². The van der Waals surface area contributed by atoms with Gasteiger partial charge < -0.3 is 10.4 Å². The predicted octanol–water partition coefficient (Wildman–Crippen LogP) is -0.482. The number of carbonyl (C=O) groups excluding carboxylic acids is 1. The minimum atomic E-state index is -3.49. The van der Waals surface area contributed by atoms with Crippen LogP contribution < -0.4 is 10.0 Å². The van der Waals surface area contributed by atoms with Crippen molar-refractivity contribution in [3.63, 3.8) is 0 Å². The normalized spacial score (nSPS) is 11.5. The van der Waals surface area contributed by atoms with Gasteiger partial charge >= 0.3 is 0 Å². The second-order valence-electron chi connectivity index (χ2n) is 3.95. The summed E-state index contributed by atoms with van der Waals surface area (Å²) in [5, 5.41) is 12.0. The average Bonchev–Trinajstić information content (AvgIpc) is 2.34. The second kappa shape index (κ2) is 6.50. The number of rotatable bonds is 6. The molecule has 1 aromatic carbocycles. The summed E-state index contributed by atoms with van der Waals surface area (Å²) in [7, 11) is -0.675. The van der Waals surface area contributed by atoms with Crippen LogP contribution in [0.25, 0.3) is 0 Å². The topological polar surface area (TPSA) is 98.7 Å². The average molecular weight is 287 g/mol. The zero-order valence-corrected chi connectivity index (χ0v) is 11.6. The van der Waals surface area contributed by atoms with E-state index in [0.29, 0.717) is 0 Å². The highest BCUT2D eigenvalue weighted by atomic mass is 32.2. The van der Waals surface area contributed by atoms with Gasteiger partial charge in [0.2, 0.25) is 0 Å². The van der Waals surface area contributed by atoms with Crippen LogP contribution in [0.4, 0.5) is 0 Å². The van der Waals surface area contributed by atoms with Crippen molar-refractivity contribution in [1.82, 2.24) is 14.3 Å². The lowest BCUT2D eigenvalue weighted by atomic mass is 10.2. The van der Waals surface area contributed by atoms with Crippen LogP contribution in [-0.2, 0) is 10.2 Å². The van der Waals surface area contributed by atoms with Crippen LogP contribution in [0.15, 0.2) is 24.3 Å². The first-order valence-corrected chi connectivity index (χ1v) is 7.02. The third kappa shape index (κ3) is 4.51. The Morgan fingerprint density at radius 3 is 2.47 bits per heavy atom. The lowest BCUT2D eigenvalue weighted by Gasteiger charge is -2.12. The molecular formula is C11H17N3O4S. The van der Waals surface area contributed by atoms with Gasteiger partial charge in [-0.15, -0.1) is 0 Å². The number of aromatic hydroxyl groups is 1. The molecule has 0 saturated heterocycles. The molecule has 1 amide bonds. The van der Waals surface area contributed by atoms with Crippen molar-refractivity contribution in [2.75, 3.05) is 27.2 Å². The fraction of sp³-hybridized carbons (Fsp3) is 0.364. The molecular weight excluding hydrogens is 270 g/mol. The molecule has 0 aliphatic rings. The lowest BCUT2D eigenvalue weighted by Crippen LogP contribution is -2.40. The van der Waals surface area contributed by atoms with E-state index in [2.05, 4.69) is 10.0 Å². The Morgan fingerprint density at radius 1 is 1.26 bits per heavy atom.